The predicted octanol–water partition coefficient (Wildman–Crippen LogP) is -1.13. The average Bonchev–Trinajstić information content (AvgIpc) is 2.62. The molecule has 9 heteroatoms. The summed E-state index contributed by atoms with van der Waals surface area (Å²) in [5, 5.41) is 17.1. The molecular weight excluding hydrogens is 242 g/mol. The lowest BCUT2D eigenvalue weighted by atomic mass is 10.2. The number of nitrogens with one attached hydrogen (secondary N) is 2. The van der Waals surface area contributed by atoms with Crippen molar-refractivity contribution in [2.24, 2.45) is 12.8 Å². The highest BCUT2D eigenvalue weighted by atomic mass is 16.4. The van der Waals surface area contributed by atoms with E-state index in [0.29, 0.717) is 0 Å². The van der Waals surface area contributed by atoms with E-state index in [-0.39, 0.29) is 5.82 Å². The van der Waals surface area contributed by atoms with Crippen molar-refractivity contribution in [1.82, 2.24) is 15.1 Å². The van der Waals surface area contributed by atoms with Gasteiger partial charge >= 0.3 is 12.0 Å². The summed E-state index contributed by atoms with van der Waals surface area (Å²) in [6, 6.07) is -0.614. The molecule has 0 aliphatic carbocycles. The quantitative estimate of drug-likeness (QED) is 0.527. The smallest absolute Gasteiger partial charge is 0.326 e. The van der Waals surface area contributed by atoms with Gasteiger partial charge < -0.3 is 16.2 Å². The van der Waals surface area contributed by atoms with E-state index in [1.54, 1.807) is 13.2 Å². The molecule has 1 rings (SSSR count). The molecule has 0 saturated carbocycles. The van der Waals surface area contributed by atoms with Crippen molar-refractivity contribution < 1.29 is 19.5 Å². The van der Waals surface area contributed by atoms with Gasteiger partial charge in [-0.05, 0) is 0 Å². The van der Waals surface area contributed by atoms with Crippen LogP contribution in [0.2, 0.25) is 0 Å². The SMILES string of the molecule is Cn1ccc(NC(=O)N[C@@H](CC(N)=O)C(=O)O)n1. The fourth-order valence-electron chi connectivity index (χ4n) is 1.19. The molecule has 5 N–H and O–H groups in total. The highest BCUT2D eigenvalue weighted by Crippen LogP contribution is 2.01. The van der Waals surface area contributed by atoms with Gasteiger partial charge in [0.1, 0.15) is 6.04 Å². The Bertz CT molecular complexity index is 469. The van der Waals surface area contributed by atoms with Crippen LogP contribution in [-0.2, 0) is 16.6 Å². The van der Waals surface area contributed by atoms with Gasteiger partial charge in [-0.3, -0.25) is 14.8 Å². The fourth-order valence-corrected chi connectivity index (χ4v) is 1.19. The number of nitrogens with two attached hydrogens (primary N) is 1. The van der Waals surface area contributed by atoms with Crippen LogP contribution in [0.5, 0.6) is 0 Å². The van der Waals surface area contributed by atoms with Gasteiger partial charge in [-0.25, -0.2) is 9.59 Å². The Labute approximate surface area is 102 Å². The lowest BCUT2D eigenvalue weighted by molar-refractivity contribution is -0.140. The maximum absolute atomic E-state index is 11.4. The Morgan fingerprint density at radius 1 is 1.56 bits per heavy atom. The van der Waals surface area contributed by atoms with E-state index in [1.165, 1.54) is 10.7 Å². The second-order valence-electron chi connectivity index (χ2n) is 3.53. The van der Waals surface area contributed by atoms with E-state index in [2.05, 4.69) is 15.7 Å². The second kappa shape index (κ2) is 5.66. The lowest BCUT2D eigenvalue weighted by Crippen LogP contribution is -2.45. The molecule has 1 heterocycles. The van der Waals surface area contributed by atoms with Crippen LogP contribution in [-0.4, -0.2) is 38.8 Å². The normalized spacial score (nSPS) is 11.6. The summed E-state index contributed by atoms with van der Waals surface area (Å²) in [6.07, 6.45) is 1.12. The maximum atomic E-state index is 11.4. The van der Waals surface area contributed by atoms with Crippen molar-refractivity contribution in [2.75, 3.05) is 5.32 Å². The molecule has 18 heavy (non-hydrogen) atoms. The molecule has 3 amide bonds. The van der Waals surface area contributed by atoms with Crippen LogP contribution in [0.3, 0.4) is 0 Å². The Morgan fingerprint density at radius 3 is 2.67 bits per heavy atom. The first kappa shape index (κ1) is 13.5. The van der Waals surface area contributed by atoms with E-state index in [9.17, 15) is 14.4 Å². The molecule has 0 spiro atoms. The first-order chi connectivity index (χ1) is 8.38. The summed E-state index contributed by atoms with van der Waals surface area (Å²) in [5.41, 5.74) is 4.87. The summed E-state index contributed by atoms with van der Waals surface area (Å²) >= 11 is 0. The number of aromatic nitrogens is 2. The molecule has 98 valence electrons. The monoisotopic (exact) mass is 255 g/mol. The minimum absolute atomic E-state index is 0.262. The van der Waals surface area contributed by atoms with E-state index in [0.717, 1.165) is 0 Å². The number of aliphatic carboxylic acids is 1. The summed E-state index contributed by atoms with van der Waals surface area (Å²) in [5.74, 6) is -1.90. The number of nitrogens with zero attached hydrogens (tertiary/aromatic N) is 2. The minimum Gasteiger partial charge on any atom is -0.480 e. The molecule has 0 saturated heterocycles. The van der Waals surface area contributed by atoms with E-state index < -0.39 is 30.4 Å². The highest BCUT2D eigenvalue weighted by Gasteiger charge is 2.22. The highest BCUT2D eigenvalue weighted by molar-refractivity contribution is 5.93. The Morgan fingerprint density at radius 2 is 2.22 bits per heavy atom. The first-order valence-electron chi connectivity index (χ1n) is 4.96. The van der Waals surface area contributed by atoms with Gasteiger partial charge in [0.2, 0.25) is 5.91 Å². The lowest BCUT2D eigenvalue weighted by Gasteiger charge is -2.12. The van der Waals surface area contributed by atoms with Crippen LogP contribution in [0.25, 0.3) is 0 Å². The number of carbonyl (C=O) groups excluding carboxylic acids is 2. The molecule has 1 aromatic rings. The summed E-state index contributed by atoms with van der Waals surface area (Å²) < 4.78 is 1.47. The van der Waals surface area contributed by atoms with Gasteiger partial charge in [0, 0.05) is 19.3 Å². The van der Waals surface area contributed by atoms with E-state index in [1.807, 2.05) is 0 Å². The Balaban J connectivity index is 2.56. The van der Waals surface area contributed by atoms with E-state index in [4.69, 9.17) is 10.8 Å². The summed E-state index contributed by atoms with van der Waals surface area (Å²) in [6.45, 7) is 0. The topological polar surface area (TPSA) is 139 Å². The van der Waals surface area contributed by atoms with Crippen molar-refractivity contribution in [3.05, 3.63) is 12.3 Å². The van der Waals surface area contributed by atoms with E-state index >= 15 is 0 Å². The zero-order valence-electron chi connectivity index (χ0n) is 9.58. The second-order valence-corrected chi connectivity index (χ2v) is 3.53. The third kappa shape index (κ3) is 4.12. The van der Waals surface area contributed by atoms with Crippen molar-refractivity contribution in [3.8, 4) is 0 Å². The number of carbonyl (C=O) groups is 3. The van der Waals surface area contributed by atoms with Crippen LogP contribution in [0.4, 0.5) is 10.6 Å². The molecule has 9 nitrogen and oxygen atoms in total. The number of rotatable bonds is 5. The van der Waals surface area contributed by atoms with Crippen LogP contribution in [0.1, 0.15) is 6.42 Å². The van der Waals surface area contributed by atoms with Crippen LogP contribution in [0, 0.1) is 0 Å². The standard InChI is InChI=1S/C9H13N5O4/c1-14-3-2-7(13-14)12-9(18)11-5(8(16)17)4-6(10)15/h2-3,5H,4H2,1H3,(H2,10,15)(H,16,17)(H2,11,12,13,18)/t5-/m0/s1. The van der Waals surface area contributed by atoms with Crippen LogP contribution >= 0.6 is 0 Å². The van der Waals surface area contributed by atoms with Gasteiger partial charge in [-0.15, -0.1) is 0 Å². The summed E-state index contributed by atoms with van der Waals surface area (Å²) in [7, 11) is 1.66. The van der Waals surface area contributed by atoms with Gasteiger partial charge in [-0.2, -0.15) is 5.10 Å². The number of urea groups is 1. The zero-order valence-corrected chi connectivity index (χ0v) is 9.58. The van der Waals surface area contributed by atoms with Crippen molar-refractivity contribution in [1.29, 1.82) is 0 Å². The number of amides is 3. The Kier molecular flexibility index (Phi) is 4.24. The molecule has 0 bridgehead atoms. The predicted molar refractivity (Wildman–Crippen MR) is 60.6 cm³/mol. The third-order valence-corrected chi connectivity index (χ3v) is 1.96. The average molecular weight is 255 g/mol. The number of anilines is 1. The number of carboxylic acids is 1. The third-order valence-electron chi connectivity index (χ3n) is 1.96. The van der Waals surface area contributed by atoms with Crippen molar-refractivity contribution >= 4 is 23.7 Å². The molecular formula is C9H13N5O4. The number of primary amides is 1. The molecule has 0 unspecified atom stereocenters. The Hall–Kier alpha value is -2.58. The van der Waals surface area contributed by atoms with Gasteiger partial charge in [-0.1, -0.05) is 0 Å². The van der Waals surface area contributed by atoms with Crippen molar-refractivity contribution in [3.63, 3.8) is 0 Å². The van der Waals surface area contributed by atoms with Gasteiger partial charge in [0.25, 0.3) is 0 Å². The number of carboxylic acid groups (broad SMARTS) is 1. The molecule has 1 aromatic heterocycles. The first-order valence-corrected chi connectivity index (χ1v) is 4.96. The molecule has 0 aromatic carbocycles. The minimum atomic E-state index is -1.37. The largest absolute Gasteiger partial charge is 0.480 e. The molecule has 0 aliphatic rings. The molecule has 1 atom stereocenters. The molecule has 0 aliphatic heterocycles. The molecule has 0 radical (unpaired) electrons. The van der Waals surface area contributed by atoms with Gasteiger partial charge in [0.15, 0.2) is 5.82 Å². The van der Waals surface area contributed by atoms with Crippen molar-refractivity contribution in [2.45, 2.75) is 12.5 Å². The fraction of sp³-hybridized carbons (Fsp3) is 0.333. The van der Waals surface area contributed by atoms with Crippen LogP contribution < -0.4 is 16.4 Å². The maximum Gasteiger partial charge on any atom is 0.326 e. The number of aryl methyl sites for hydroxylation is 1. The summed E-state index contributed by atoms with van der Waals surface area (Å²) in [4.78, 5) is 32.8. The van der Waals surface area contributed by atoms with Gasteiger partial charge in [0.05, 0.1) is 6.42 Å². The number of hydrogen-bond donors (Lipinski definition) is 4. The number of hydrogen-bond acceptors (Lipinski definition) is 4. The zero-order chi connectivity index (χ0) is 13.7. The van der Waals surface area contributed by atoms with Crippen LogP contribution in [0.15, 0.2) is 12.3 Å². The molecule has 0 fully saturated rings.